The van der Waals surface area contributed by atoms with Gasteiger partial charge in [-0.3, -0.25) is 14.9 Å². The lowest BCUT2D eigenvalue weighted by atomic mass is 9.96. The summed E-state index contributed by atoms with van der Waals surface area (Å²) in [6.07, 6.45) is 0.418. The van der Waals surface area contributed by atoms with Crippen LogP contribution in [0.5, 0.6) is 0 Å². The van der Waals surface area contributed by atoms with Crippen molar-refractivity contribution in [3.63, 3.8) is 0 Å². The maximum absolute atomic E-state index is 10.9. The molecule has 3 N–H and O–H groups in total. The Morgan fingerprint density at radius 1 is 1.53 bits per heavy atom. The van der Waals surface area contributed by atoms with Crippen LogP contribution < -0.4 is 10.5 Å². The van der Waals surface area contributed by atoms with E-state index in [-0.39, 0.29) is 17.9 Å². The van der Waals surface area contributed by atoms with Gasteiger partial charge in [0.05, 0.1) is 11.1 Å². The largest absolute Gasteiger partial charge is 0.480 e. The molecule has 1 rings (SSSR count). The second kappa shape index (κ2) is 7.12. The molecule has 1 atom stereocenters. The van der Waals surface area contributed by atoms with Gasteiger partial charge < -0.3 is 20.4 Å². The first-order chi connectivity index (χ1) is 9.06. The number of para-hydroxylation sites is 2. The minimum atomic E-state index is -1.18. The molecule has 1 aromatic rings. The lowest BCUT2D eigenvalue weighted by Crippen LogP contribution is -2.44. The van der Waals surface area contributed by atoms with Crippen LogP contribution in [0.25, 0.3) is 0 Å². The van der Waals surface area contributed by atoms with Crippen LogP contribution in [-0.2, 0) is 9.59 Å². The van der Waals surface area contributed by atoms with Crippen molar-refractivity contribution in [2.24, 2.45) is 0 Å². The second-order valence-corrected chi connectivity index (χ2v) is 3.52. The fourth-order valence-electron chi connectivity index (χ4n) is 1.37. The van der Waals surface area contributed by atoms with Crippen molar-refractivity contribution in [2.45, 2.75) is 6.04 Å². The maximum Gasteiger partial charge on any atom is 0.321 e. The van der Waals surface area contributed by atoms with Crippen molar-refractivity contribution < 1.29 is 19.6 Å². The Balaban J connectivity index is 2.71. The molecule has 0 saturated heterocycles. The smallest absolute Gasteiger partial charge is 0.321 e. The van der Waals surface area contributed by atoms with Crippen molar-refractivity contribution in [3.8, 4) is 0 Å². The van der Waals surface area contributed by atoms with E-state index in [1.165, 1.54) is 18.2 Å². The van der Waals surface area contributed by atoms with Crippen LogP contribution in [0.2, 0.25) is 0 Å². The van der Waals surface area contributed by atoms with Crippen molar-refractivity contribution in [3.05, 3.63) is 34.4 Å². The van der Waals surface area contributed by atoms with Crippen LogP contribution in [0.15, 0.2) is 24.3 Å². The van der Waals surface area contributed by atoms with E-state index in [1.54, 1.807) is 6.07 Å². The topological polar surface area (TPSA) is 122 Å². The summed E-state index contributed by atoms with van der Waals surface area (Å²) in [5.41, 5.74) is 0.0673. The SMILES string of the molecule is O=C[B]N[C@@H](CNc1ccccc1[N+](=O)[O-])C(=O)O. The molecule has 99 valence electrons. The number of hydrogen-bond donors (Lipinski definition) is 3. The van der Waals surface area contributed by atoms with E-state index in [1.807, 2.05) is 0 Å². The van der Waals surface area contributed by atoms with Crippen molar-refractivity contribution in [1.82, 2.24) is 5.23 Å². The quantitative estimate of drug-likeness (QED) is 0.258. The summed E-state index contributed by atoms with van der Waals surface area (Å²) in [6.45, 7) is -0.107. The molecule has 0 saturated carbocycles. The molecule has 0 heterocycles. The number of nitro benzene ring substituents is 1. The van der Waals surface area contributed by atoms with Crippen LogP contribution in [0.3, 0.4) is 0 Å². The molecule has 0 aromatic heterocycles. The maximum atomic E-state index is 10.9. The molecule has 0 aliphatic heterocycles. The monoisotopic (exact) mass is 264 g/mol. The number of hydrogen-bond acceptors (Lipinski definition) is 6. The average Bonchev–Trinajstić information content (AvgIpc) is 2.38. The normalized spacial score (nSPS) is 11.4. The highest BCUT2D eigenvalue weighted by Crippen LogP contribution is 2.22. The summed E-state index contributed by atoms with van der Waals surface area (Å²) in [7, 11) is 0.958. The molecule has 0 amide bonds. The molecule has 0 fully saturated rings. The molecule has 0 bridgehead atoms. The molecule has 0 aliphatic carbocycles. The fourth-order valence-corrected chi connectivity index (χ4v) is 1.37. The van der Waals surface area contributed by atoms with E-state index in [0.717, 1.165) is 7.41 Å². The van der Waals surface area contributed by atoms with Gasteiger partial charge in [-0.2, -0.15) is 0 Å². The van der Waals surface area contributed by atoms with E-state index in [2.05, 4.69) is 10.5 Å². The highest BCUT2D eigenvalue weighted by molar-refractivity contribution is 6.64. The standard InChI is InChI=1S/C10H11BN3O5/c15-6-11-13-8(10(16)17)5-12-7-3-1-2-4-9(7)14(18)19/h1-4,6,8,12-13H,5H2,(H,16,17)/t8-/m0/s1. The Morgan fingerprint density at radius 3 is 2.79 bits per heavy atom. The Hall–Kier alpha value is -2.42. The van der Waals surface area contributed by atoms with Gasteiger partial charge in [-0.1, -0.05) is 12.1 Å². The molecule has 0 spiro atoms. The number of anilines is 1. The predicted octanol–water partition coefficient (Wildman–Crippen LogP) is -0.141. The second-order valence-electron chi connectivity index (χ2n) is 3.52. The highest BCUT2D eigenvalue weighted by Gasteiger charge is 2.18. The zero-order valence-electron chi connectivity index (χ0n) is 9.78. The number of carboxylic acid groups (broad SMARTS) is 1. The van der Waals surface area contributed by atoms with Crippen LogP contribution in [0.1, 0.15) is 0 Å². The number of aliphatic carboxylic acids is 1. The minimum absolute atomic E-state index is 0.107. The molecular formula is C10H11BN3O5. The van der Waals surface area contributed by atoms with Crippen LogP contribution in [-0.4, -0.2) is 42.2 Å². The predicted molar refractivity (Wildman–Crippen MR) is 68.7 cm³/mol. The van der Waals surface area contributed by atoms with E-state index < -0.39 is 16.9 Å². The zero-order chi connectivity index (χ0) is 14.3. The lowest BCUT2D eigenvalue weighted by Gasteiger charge is -2.14. The number of nitro groups is 1. The first-order valence-electron chi connectivity index (χ1n) is 5.29. The Labute approximate surface area is 109 Å². The molecule has 0 unspecified atom stereocenters. The average molecular weight is 264 g/mol. The van der Waals surface area contributed by atoms with Gasteiger partial charge in [-0.05, 0) is 6.07 Å². The van der Waals surface area contributed by atoms with Gasteiger partial charge >= 0.3 is 5.97 Å². The van der Waals surface area contributed by atoms with Gasteiger partial charge in [0.1, 0.15) is 11.7 Å². The lowest BCUT2D eigenvalue weighted by molar-refractivity contribution is -0.384. The first kappa shape index (κ1) is 14.6. The summed E-state index contributed by atoms with van der Waals surface area (Å²) in [5.74, 6) is -1.18. The molecule has 8 nitrogen and oxygen atoms in total. The molecule has 0 aliphatic rings. The van der Waals surface area contributed by atoms with Gasteiger partial charge in [0.2, 0.25) is 0 Å². The summed E-state index contributed by atoms with van der Waals surface area (Å²) < 4.78 is 0. The third-order valence-corrected chi connectivity index (χ3v) is 2.26. The summed E-state index contributed by atoms with van der Waals surface area (Å²) >= 11 is 0. The Bertz CT molecular complexity index is 482. The number of carbonyl (C=O) groups is 2. The van der Waals surface area contributed by atoms with Crippen molar-refractivity contribution in [2.75, 3.05) is 11.9 Å². The van der Waals surface area contributed by atoms with E-state index in [0.29, 0.717) is 6.19 Å². The highest BCUT2D eigenvalue weighted by atomic mass is 16.6. The van der Waals surface area contributed by atoms with Gasteiger partial charge in [-0.25, -0.2) is 0 Å². The zero-order valence-corrected chi connectivity index (χ0v) is 9.78. The number of nitrogens with one attached hydrogen (secondary N) is 2. The number of rotatable bonds is 8. The van der Waals surface area contributed by atoms with E-state index in [4.69, 9.17) is 5.11 Å². The molecule has 1 radical (unpaired) electrons. The summed E-state index contributed by atoms with van der Waals surface area (Å²) in [4.78, 5) is 31.2. The summed E-state index contributed by atoms with van der Waals surface area (Å²) in [6, 6.07) is 4.82. The van der Waals surface area contributed by atoms with Gasteiger partial charge in [0.25, 0.3) is 13.1 Å². The minimum Gasteiger partial charge on any atom is -0.480 e. The van der Waals surface area contributed by atoms with Gasteiger partial charge in [0, 0.05) is 12.6 Å². The molecule has 19 heavy (non-hydrogen) atoms. The van der Waals surface area contributed by atoms with Crippen LogP contribution >= 0.6 is 0 Å². The van der Waals surface area contributed by atoms with Crippen LogP contribution in [0, 0.1) is 10.1 Å². The van der Waals surface area contributed by atoms with Gasteiger partial charge in [0.15, 0.2) is 0 Å². The number of carboxylic acids is 1. The molecular weight excluding hydrogens is 253 g/mol. The number of nitrogens with zero attached hydrogens (tertiary/aromatic N) is 1. The van der Waals surface area contributed by atoms with Crippen molar-refractivity contribution >= 4 is 30.9 Å². The van der Waals surface area contributed by atoms with E-state index in [9.17, 15) is 19.7 Å². The number of benzene rings is 1. The number of carbonyl (C=O) groups excluding carboxylic acids is 1. The molecule has 1 aromatic carbocycles. The fraction of sp³-hybridized carbons (Fsp3) is 0.200. The van der Waals surface area contributed by atoms with Crippen molar-refractivity contribution in [1.29, 1.82) is 0 Å². The third kappa shape index (κ3) is 4.39. The van der Waals surface area contributed by atoms with Crippen LogP contribution in [0.4, 0.5) is 11.4 Å². The van der Waals surface area contributed by atoms with Gasteiger partial charge in [-0.15, -0.1) is 0 Å². The van der Waals surface area contributed by atoms with E-state index >= 15 is 0 Å². The third-order valence-electron chi connectivity index (χ3n) is 2.26. The molecule has 9 heteroatoms. The Kier molecular flexibility index (Phi) is 5.48. The first-order valence-corrected chi connectivity index (χ1v) is 5.29. The summed E-state index contributed by atoms with van der Waals surface area (Å²) in [5, 5.41) is 24.7. The Morgan fingerprint density at radius 2 is 2.21 bits per heavy atom.